The van der Waals surface area contributed by atoms with Gasteiger partial charge in [0, 0.05) is 6.42 Å². The molecule has 0 radical (unpaired) electrons. The molecule has 4 heteroatoms. The van der Waals surface area contributed by atoms with Gasteiger partial charge >= 0.3 is 5.97 Å². The first-order chi connectivity index (χ1) is 9.57. The number of fused-ring (bicyclic) bond motifs is 1. The van der Waals surface area contributed by atoms with E-state index < -0.39 is 5.79 Å². The molecule has 112 valence electrons. The Labute approximate surface area is 120 Å². The number of carbonyl (C=O) groups is 1. The molecule has 4 nitrogen and oxygen atoms in total. The van der Waals surface area contributed by atoms with Gasteiger partial charge in [-0.05, 0) is 36.5 Å². The lowest BCUT2D eigenvalue weighted by Crippen LogP contribution is -2.44. The number of rotatable bonds is 3. The summed E-state index contributed by atoms with van der Waals surface area (Å²) in [5, 5.41) is 0. The Kier molecular flexibility index (Phi) is 3.41. The molecule has 3 rings (SSSR count). The van der Waals surface area contributed by atoms with Crippen molar-refractivity contribution in [3.05, 3.63) is 12.7 Å². The van der Waals surface area contributed by atoms with Crippen molar-refractivity contribution in [2.75, 3.05) is 20.3 Å². The highest BCUT2D eigenvalue weighted by molar-refractivity contribution is 5.73. The molecule has 0 aromatic carbocycles. The maximum Gasteiger partial charge on any atom is 0.314 e. The molecule has 1 spiro atoms. The van der Waals surface area contributed by atoms with Crippen molar-refractivity contribution < 1.29 is 19.0 Å². The van der Waals surface area contributed by atoms with Gasteiger partial charge in [0.15, 0.2) is 5.79 Å². The van der Waals surface area contributed by atoms with E-state index in [0.717, 1.165) is 25.7 Å². The van der Waals surface area contributed by atoms with E-state index in [-0.39, 0.29) is 11.9 Å². The fraction of sp³-hybridized carbons (Fsp3) is 0.812. The Morgan fingerprint density at radius 2 is 2.10 bits per heavy atom. The van der Waals surface area contributed by atoms with E-state index in [1.807, 2.05) is 6.08 Å². The highest BCUT2D eigenvalue weighted by atomic mass is 16.7. The van der Waals surface area contributed by atoms with Gasteiger partial charge in [0.1, 0.15) is 5.92 Å². The van der Waals surface area contributed by atoms with Gasteiger partial charge in [-0.3, -0.25) is 4.79 Å². The molecule has 4 atom stereocenters. The zero-order valence-electron chi connectivity index (χ0n) is 12.4. The number of allylic oxidation sites excluding steroid dienone is 1. The van der Waals surface area contributed by atoms with E-state index >= 15 is 0 Å². The van der Waals surface area contributed by atoms with Gasteiger partial charge in [0.25, 0.3) is 0 Å². The van der Waals surface area contributed by atoms with Crippen LogP contribution in [-0.4, -0.2) is 32.1 Å². The fourth-order valence-corrected chi connectivity index (χ4v) is 4.54. The van der Waals surface area contributed by atoms with Crippen LogP contribution in [0.25, 0.3) is 0 Å². The molecule has 1 heterocycles. The first kappa shape index (κ1) is 14.1. The molecule has 3 aliphatic rings. The number of hydrogen-bond acceptors (Lipinski definition) is 4. The molecule has 2 aliphatic carbocycles. The second-order valence-corrected chi connectivity index (χ2v) is 6.57. The molecule has 0 amide bonds. The monoisotopic (exact) mass is 280 g/mol. The first-order valence-corrected chi connectivity index (χ1v) is 7.54. The second kappa shape index (κ2) is 4.85. The Morgan fingerprint density at radius 1 is 1.40 bits per heavy atom. The van der Waals surface area contributed by atoms with Gasteiger partial charge < -0.3 is 14.2 Å². The summed E-state index contributed by atoms with van der Waals surface area (Å²) >= 11 is 0. The lowest BCUT2D eigenvalue weighted by atomic mass is 9.86. The lowest BCUT2D eigenvalue weighted by molar-refractivity contribution is -0.212. The quantitative estimate of drug-likeness (QED) is 0.588. The molecular weight excluding hydrogens is 256 g/mol. The van der Waals surface area contributed by atoms with Crippen molar-refractivity contribution in [3.63, 3.8) is 0 Å². The fourth-order valence-electron chi connectivity index (χ4n) is 4.54. The number of carbonyl (C=O) groups excluding carboxylic acids is 1. The van der Waals surface area contributed by atoms with Crippen LogP contribution in [0.1, 0.15) is 32.6 Å². The topological polar surface area (TPSA) is 44.8 Å². The smallest absolute Gasteiger partial charge is 0.314 e. The molecule has 0 N–H and O–H groups in total. The van der Waals surface area contributed by atoms with Crippen LogP contribution in [0, 0.1) is 23.2 Å². The average molecular weight is 280 g/mol. The average Bonchev–Trinajstić information content (AvgIpc) is 2.78. The summed E-state index contributed by atoms with van der Waals surface area (Å²) < 4.78 is 16.7. The van der Waals surface area contributed by atoms with Gasteiger partial charge in [-0.2, -0.15) is 0 Å². The molecule has 1 saturated heterocycles. The van der Waals surface area contributed by atoms with Crippen LogP contribution in [0.3, 0.4) is 0 Å². The zero-order valence-corrected chi connectivity index (χ0v) is 12.4. The van der Waals surface area contributed by atoms with Gasteiger partial charge in [0.05, 0.1) is 20.3 Å². The maximum absolute atomic E-state index is 12.2. The van der Waals surface area contributed by atoms with Crippen LogP contribution in [0.4, 0.5) is 0 Å². The zero-order chi connectivity index (χ0) is 14.4. The Balaban J connectivity index is 1.83. The Hall–Kier alpha value is -0.870. The second-order valence-electron chi connectivity index (χ2n) is 6.57. The summed E-state index contributed by atoms with van der Waals surface area (Å²) in [6.45, 7) is 7.33. The number of ether oxygens (including phenoxy) is 3. The Bertz CT molecular complexity index is 413. The van der Waals surface area contributed by atoms with Gasteiger partial charge in [-0.1, -0.05) is 13.0 Å². The molecule has 2 saturated carbocycles. The number of esters is 1. The SMILES string of the molecule is C=CC[C@]1(C)[C@@H]2CCC3(OCCO3)[C@@H](C(=O)OC)C[C@@H]21. The van der Waals surface area contributed by atoms with Crippen LogP contribution >= 0.6 is 0 Å². The highest BCUT2D eigenvalue weighted by Crippen LogP contribution is 2.68. The molecule has 1 aliphatic heterocycles. The molecular formula is C16H24O4. The van der Waals surface area contributed by atoms with Crippen molar-refractivity contribution in [2.24, 2.45) is 23.2 Å². The highest BCUT2D eigenvalue weighted by Gasteiger charge is 2.65. The number of methoxy groups -OCH3 is 1. The minimum Gasteiger partial charge on any atom is -0.469 e. The lowest BCUT2D eigenvalue weighted by Gasteiger charge is -2.34. The van der Waals surface area contributed by atoms with E-state index in [0.29, 0.717) is 30.5 Å². The van der Waals surface area contributed by atoms with E-state index in [2.05, 4.69) is 13.5 Å². The van der Waals surface area contributed by atoms with E-state index in [4.69, 9.17) is 14.2 Å². The predicted octanol–water partition coefficient (Wildman–Crippen LogP) is 2.53. The van der Waals surface area contributed by atoms with Gasteiger partial charge in [0.2, 0.25) is 0 Å². The van der Waals surface area contributed by atoms with E-state index in [1.54, 1.807) is 0 Å². The largest absolute Gasteiger partial charge is 0.469 e. The Morgan fingerprint density at radius 3 is 2.70 bits per heavy atom. The maximum atomic E-state index is 12.2. The van der Waals surface area contributed by atoms with Crippen LogP contribution < -0.4 is 0 Å². The van der Waals surface area contributed by atoms with E-state index in [9.17, 15) is 4.79 Å². The van der Waals surface area contributed by atoms with Crippen molar-refractivity contribution in [3.8, 4) is 0 Å². The summed E-state index contributed by atoms with van der Waals surface area (Å²) in [6, 6.07) is 0. The van der Waals surface area contributed by atoms with Crippen LogP contribution in [0.15, 0.2) is 12.7 Å². The third kappa shape index (κ3) is 1.92. The third-order valence-electron chi connectivity index (χ3n) is 5.74. The summed E-state index contributed by atoms with van der Waals surface area (Å²) in [5.41, 5.74) is 0.300. The molecule has 0 bridgehead atoms. The van der Waals surface area contributed by atoms with Crippen LogP contribution in [-0.2, 0) is 19.0 Å². The predicted molar refractivity (Wildman–Crippen MR) is 73.9 cm³/mol. The molecule has 0 aromatic heterocycles. The summed E-state index contributed by atoms with van der Waals surface area (Å²) in [6.07, 6.45) is 5.68. The van der Waals surface area contributed by atoms with Crippen molar-refractivity contribution >= 4 is 5.97 Å². The van der Waals surface area contributed by atoms with Crippen LogP contribution in [0.2, 0.25) is 0 Å². The molecule has 3 fully saturated rings. The van der Waals surface area contributed by atoms with Gasteiger partial charge in [-0.25, -0.2) is 0 Å². The van der Waals surface area contributed by atoms with Gasteiger partial charge in [-0.15, -0.1) is 6.58 Å². The van der Waals surface area contributed by atoms with Crippen molar-refractivity contribution in [2.45, 2.75) is 38.4 Å². The third-order valence-corrected chi connectivity index (χ3v) is 5.74. The number of hydrogen-bond donors (Lipinski definition) is 0. The van der Waals surface area contributed by atoms with Crippen molar-refractivity contribution in [1.29, 1.82) is 0 Å². The molecule has 0 unspecified atom stereocenters. The van der Waals surface area contributed by atoms with Crippen molar-refractivity contribution in [1.82, 2.24) is 0 Å². The summed E-state index contributed by atoms with van der Waals surface area (Å²) in [4.78, 5) is 12.2. The standard InChI is InChI=1S/C16H24O4/c1-4-6-15(2)11-5-7-16(19-8-9-20-16)13(10-12(11)15)14(17)18-3/h4,11-13H,1,5-10H2,2-3H3/t11-,12+,13-,15-/m1/s1. The summed E-state index contributed by atoms with van der Waals surface area (Å²) in [5.74, 6) is -0.0102. The normalized spacial score (nSPS) is 41.8. The molecule has 0 aromatic rings. The minimum absolute atomic E-state index is 0.194. The minimum atomic E-state index is -0.727. The summed E-state index contributed by atoms with van der Waals surface area (Å²) in [7, 11) is 1.45. The van der Waals surface area contributed by atoms with Crippen LogP contribution in [0.5, 0.6) is 0 Å². The van der Waals surface area contributed by atoms with E-state index in [1.165, 1.54) is 7.11 Å². The first-order valence-electron chi connectivity index (χ1n) is 7.54. The molecule has 20 heavy (non-hydrogen) atoms.